The van der Waals surface area contributed by atoms with Gasteiger partial charge in [0, 0.05) is 30.2 Å². The molecule has 2 aromatic rings. The molecule has 0 radical (unpaired) electrons. The van der Waals surface area contributed by atoms with Gasteiger partial charge in [-0.2, -0.15) is 0 Å². The lowest BCUT2D eigenvalue weighted by atomic mass is 10.2. The molecule has 0 bridgehead atoms. The van der Waals surface area contributed by atoms with Gasteiger partial charge in [0.25, 0.3) is 0 Å². The quantitative estimate of drug-likeness (QED) is 0.599. The second-order valence-corrected chi connectivity index (χ2v) is 3.07. The van der Waals surface area contributed by atoms with E-state index in [1.807, 2.05) is 0 Å². The zero-order valence-electron chi connectivity index (χ0n) is 8.56. The van der Waals surface area contributed by atoms with E-state index in [1.165, 1.54) is 12.3 Å². The van der Waals surface area contributed by atoms with E-state index in [9.17, 15) is 10.0 Å². The largest absolute Gasteiger partial charge is 0.463 e. The van der Waals surface area contributed by atoms with E-state index in [-0.39, 0.29) is 10.9 Å². The minimum Gasteiger partial charge on any atom is -0.463 e. The second-order valence-electron chi connectivity index (χ2n) is 3.07. The summed E-state index contributed by atoms with van der Waals surface area (Å²) in [5.74, 6) is 0.199. The zero-order valence-corrected chi connectivity index (χ0v) is 8.56. The summed E-state index contributed by atoms with van der Waals surface area (Å²) in [7, 11) is 0. The minimum absolute atomic E-state index is 0.0341. The van der Waals surface area contributed by atoms with Gasteiger partial charge in [0.1, 0.15) is 0 Å². The van der Waals surface area contributed by atoms with Crippen molar-refractivity contribution in [3.8, 4) is 11.4 Å². The number of carbonyl (C=O) groups is 1. The molecule has 0 aliphatic rings. The van der Waals surface area contributed by atoms with Gasteiger partial charge in [-0.25, -0.2) is 14.8 Å². The van der Waals surface area contributed by atoms with Crippen molar-refractivity contribution in [2.24, 2.45) is 0 Å². The lowest BCUT2D eigenvalue weighted by Gasteiger charge is -2.09. The highest BCUT2D eigenvalue weighted by Gasteiger charge is 2.13. The number of hydrogen-bond donors (Lipinski definition) is 2. The van der Waals surface area contributed by atoms with Crippen LogP contribution < -0.4 is 5.06 Å². The van der Waals surface area contributed by atoms with Gasteiger partial charge in [0.2, 0.25) is 0 Å². The van der Waals surface area contributed by atoms with Crippen molar-refractivity contribution >= 4 is 11.9 Å². The maximum absolute atomic E-state index is 10.6. The number of rotatable bonds is 2. The van der Waals surface area contributed by atoms with Crippen molar-refractivity contribution in [1.82, 2.24) is 15.0 Å². The van der Waals surface area contributed by atoms with Crippen molar-refractivity contribution in [2.45, 2.75) is 0 Å². The van der Waals surface area contributed by atoms with Crippen molar-refractivity contribution < 1.29 is 15.1 Å². The number of hydroxylamine groups is 1. The molecule has 2 N–H and O–H groups in total. The Kier molecular flexibility index (Phi) is 2.93. The molecule has 0 fully saturated rings. The van der Waals surface area contributed by atoms with E-state index in [1.54, 1.807) is 24.5 Å². The van der Waals surface area contributed by atoms with Crippen LogP contribution in [0.1, 0.15) is 0 Å². The minimum atomic E-state index is -1.51. The summed E-state index contributed by atoms with van der Waals surface area (Å²) in [6, 6.07) is 4.65. The van der Waals surface area contributed by atoms with Crippen LogP contribution in [0.2, 0.25) is 0 Å². The predicted molar refractivity (Wildman–Crippen MR) is 57.6 cm³/mol. The van der Waals surface area contributed by atoms with Gasteiger partial charge in [0.05, 0.1) is 0 Å². The first-order valence-corrected chi connectivity index (χ1v) is 4.64. The molecule has 7 heteroatoms. The number of pyridine rings is 1. The highest BCUT2D eigenvalue weighted by atomic mass is 16.6. The average Bonchev–Trinajstić information content (AvgIpc) is 2.39. The monoisotopic (exact) mass is 232 g/mol. The Hall–Kier alpha value is -2.54. The number of aromatic nitrogens is 3. The van der Waals surface area contributed by atoms with Crippen molar-refractivity contribution in [3.05, 3.63) is 36.8 Å². The summed E-state index contributed by atoms with van der Waals surface area (Å²) >= 11 is 0. The third-order valence-electron chi connectivity index (χ3n) is 1.98. The summed E-state index contributed by atoms with van der Waals surface area (Å²) in [5, 5.41) is 17.8. The van der Waals surface area contributed by atoms with Crippen LogP contribution in [0, 0.1) is 0 Å². The molecule has 0 atom stereocenters. The van der Waals surface area contributed by atoms with Crippen LogP contribution in [0.4, 0.5) is 10.6 Å². The lowest BCUT2D eigenvalue weighted by Crippen LogP contribution is -2.25. The number of amides is 1. The molecular formula is C10H8N4O3. The van der Waals surface area contributed by atoms with Gasteiger partial charge in [0.15, 0.2) is 11.6 Å². The summed E-state index contributed by atoms with van der Waals surface area (Å²) in [5.41, 5.74) is 0.681. The van der Waals surface area contributed by atoms with Crippen molar-refractivity contribution in [3.63, 3.8) is 0 Å². The Morgan fingerprint density at radius 2 is 1.88 bits per heavy atom. The second kappa shape index (κ2) is 4.54. The summed E-state index contributed by atoms with van der Waals surface area (Å²) in [6.45, 7) is 0. The Morgan fingerprint density at radius 1 is 1.18 bits per heavy atom. The normalized spacial score (nSPS) is 9.94. The average molecular weight is 232 g/mol. The van der Waals surface area contributed by atoms with Gasteiger partial charge < -0.3 is 5.11 Å². The molecule has 2 heterocycles. The first-order valence-electron chi connectivity index (χ1n) is 4.64. The molecule has 0 aliphatic heterocycles. The Balaban J connectivity index is 2.39. The van der Waals surface area contributed by atoms with Crippen molar-refractivity contribution in [1.29, 1.82) is 0 Å². The molecule has 0 saturated heterocycles. The predicted octanol–water partition coefficient (Wildman–Crippen LogP) is 1.41. The molecule has 0 aliphatic carbocycles. The van der Waals surface area contributed by atoms with Crippen molar-refractivity contribution in [2.75, 3.05) is 5.06 Å². The van der Waals surface area contributed by atoms with E-state index in [0.29, 0.717) is 11.4 Å². The maximum Gasteiger partial charge on any atom is 0.437 e. The van der Waals surface area contributed by atoms with E-state index < -0.39 is 6.09 Å². The highest BCUT2D eigenvalue weighted by Crippen LogP contribution is 2.16. The molecule has 0 unspecified atom stereocenters. The summed E-state index contributed by atoms with van der Waals surface area (Å²) in [6.07, 6.45) is 2.99. The van der Waals surface area contributed by atoms with Gasteiger partial charge in [-0.3, -0.25) is 10.2 Å². The fourth-order valence-electron chi connectivity index (χ4n) is 1.21. The van der Waals surface area contributed by atoms with Crippen LogP contribution in [0.25, 0.3) is 11.4 Å². The highest BCUT2D eigenvalue weighted by molar-refractivity contribution is 5.82. The molecule has 0 spiro atoms. The standard InChI is InChI=1S/C10H8N4O3/c15-10(16)14(17)8-3-6-12-9(13-8)7-1-4-11-5-2-7/h1-6,17H,(H,15,16). The van der Waals surface area contributed by atoms with Crippen LogP contribution >= 0.6 is 0 Å². The molecule has 2 rings (SSSR count). The molecular weight excluding hydrogens is 224 g/mol. The van der Waals surface area contributed by atoms with Gasteiger partial charge in [-0.1, -0.05) is 0 Å². The maximum atomic E-state index is 10.6. The van der Waals surface area contributed by atoms with E-state index in [0.717, 1.165) is 0 Å². The van der Waals surface area contributed by atoms with E-state index in [4.69, 9.17) is 5.11 Å². The van der Waals surface area contributed by atoms with E-state index >= 15 is 0 Å². The Labute approximate surface area is 96.0 Å². The van der Waals surface area contributed by atoms with Crippen LogP contribution in [-0.4, -0.2) is 31.4 Å². The SMILES string of the molecule is O=C(O)N(O)c1ccnc(-c2ccncc2)n1. The molecule has 86 valence electrons. The van der Waals surface area contributed by atoms with Gasteiger partial charge in [-0.15, -0.1) is 5.06 Å². The zero-order chi connectivity index (χ0) is 12.3. The van der Waals surface area contributed by atoms with Crippen LogP contribution in [0.5, 0.6) is 0 Å². The van der Waals surface area contributed by atoms with E-state index in [2.05, 4.69) is 15.0 Å². The fourth-order valence-corrected chi connectivity index (χ4v) is 1.21. The molecule has 0 aromatic carbocycles. The fraction of sp³-hybridized carbons (Fsp3) is 0. The van der Waals surface area contributed by atoms with Gasteiger partial charge >= 0.3 is 6.09 Å². The van der Waals surface area contributed by atoms with Crippen LogP contribution in [-0.2, 0) is 0 Å². The summed E-state index contributed by atoms with van der Waals surface area (Å²) in [4.78, 5) is 22.3. The van der Waals surface area contributed by atoms with Gasteiger partial charge in [-0.05, 0) is 12.1 Å². The molecule has 7 nitrogen and oxygen atoms in total. The summed E-state index contributed by atoms with van der Waals surface area (Å²) < 4.78 is 0. The first-order chi connectivity index (χ1) is 8.18. The molecule has 0 saturated carbocycles. The molecule has 2 aromatic heterocycles. The smallest absolute Gasteiger partial charge is 0.437 e. The number of nitrogens with zero attached hydrogens (tertiary/aromatic N) is 4. The lowest BCUT2D eigenvalue weighted by molar-refractivity contribution is 0.159. The Morgan fingerprint density at radius 3 is 2.53 bits per heavy atom. The van der Waals surface area contributed by atoms with Crippen LogP contribution in [0.3, 0.4) is 0 Å². The number of hydrogen-bond acceptors (Lipinski definition) is 5. The number of carboxylic acid groups (broad SMARTS) is 1. The van der Waals surface area contributed by atoms with Crippen LogP contribution in [0.15, 0.2) is 36.8 Å². The first kappa shape index (κ1) is 11.0. The third-order valence-corrected chi connectivity index (χ3v) is 1.98. The number of anilines is 1. The Bertz CT molecular complexity index is 532. The third kappa shape index (κ3) is 2.34. The topological polar surface area (TPSA) is 99.4 Å². The molecule has 1 amide bonds. The molecule has 17 heavy (non-hydrogen) atoms.